The lowest BCUT2D eigenvalue weighted by Gasteiger charge is -2.12. The number of anilines is 5. The lowest BCUT2D eigenvalue weighted by Crippen LogP contribution is -2.26. The van der Waals surface area contributed by atoms with E-state index in [-0.39, 0.29) is 69.6 Å². The number of pyridine rings is 5. The van der Waals surface area contributed by atoms with Crippen LogP contribution in [0.3, 0.4) is 0 Å². The zero-order valence-electron chi connectivity index (χ0n) is 38.1. The molecule has 0 aromatic carbocycles. The van der Waals surface area contributed by atoms with Gasteiger partial charge in [0.2, 0.25) is 22.9 Å². The van der Waals surface area contributed by atoms with Crippen LogP contribution < -0.4 is 50.8 Å². The second-order valence-electron chi connectivity index (χ2n) is 14.6. The SMILES string of the molecule is Cn1cc(-c2nc(C(=O)NCc3cccc(N)n3)c(N)nc2-c2ncco2)ccc1=O.Cn1cc(-c2nc(C(=O)O)c(N)nc2-c2ncco2)ccc1=O.N#Cc1cccc(N)n1.NCc1cccc(N)n1. The molecule has 0 aliphatic carbocycles. The highest BCUT2D eigenvalue weighted by atomic mass is 16.4. The van der Waals surface area contributed by atoms with Gasteiger partial charge in [0.25, 0.3) is 5.91 Å². The number of nitrogens with two attached hydrogens (primary N) is 6. The van der Waals surface area contributed by atoms with E-state index < -0.39 is 11.9 Å². The minimum absolute atomic E-state index is 0.0805. The molecule has 1 amide bonds. The van der Waals surface area contributed by atoms with E-state index in [1.807, 2.05) is 18.2 Å². The van der Waals surface area contributed by atoms with Crippen molar-refractivity contribution < 1.29 is 23.5 Å². The van der Waals surface area contributed by atoms with Crippen molar-refractivity contribution in [1.82, 2.24) is 59.3 Å². The largest absolute Gasteiger partial charge is 0.476 e. The number of nitriles is 1. The fourth-order valence-electron chi connectivity index (χ4n) is 6.05. The van der Waals surface area contributed by atoms with E-state index in [1.54, 1.807) is 68.8 Å². The number of nitrogen functional groups attached to an aromatic ring is 5. The second kappa shape index (κ2) is 23.4. The van der Waals surface area contributed by atoms with Crippen LogP contribution in [0.15, 0.2) is 135 Å². The molecular formula is C46H43N19O7. The smallest absolute Gasteiger partial charge is 0.358 e. The van der Waals surface area contributed by atoms with Crippen molar-refractivity contribution in [1.29, 1.82) is 5.26 Å². The summed E-state index contributed by atoms with van der Waals surface area (Å²) in [5, 5.41) is 20.2. The highest BCUT2D eigenvalue weighted by Gasteiger charge is 2.24. The van der Waals surface area contributed by atoms with Gasteiger partial charge in [0.15, 0.2) is 34.4 Å². The Morgan fingerprint density at radius 3 is 1.51 bits per heavy atom. The number of nitrogens with zero attached hydrogens (tertiary/aromatic N) is 12. The van der Waals surface area contributed by atoms with Gasteiger partial charge in [-0.25, -0.2) is 49.7 Å². The first-order valence-electron chi connectivity index (χ1n) is 20.8. The Hall–Kier alpha value is -10.7. The molecule has 9 heterocycles. The Morgan fingerprint density at radius 1 is 0.625 bits per heavy atom. The van der Waals surface area contributed by atoms with Crippen LogP contribution in [0.4, 0.5) is 29.1 Å². The highest BCUT2D eigenvalue weighted by Crippen LogP contribution is 2.31. The second-order valence-corrected chi connectivity index (χ2v) is 14.6. The maximum atomic E-state index is 12.8. The van der Waals surface area contributed by atoms with E-state index in [0.717, 1.165) is 5.69 Å². The van der Waals surface area contributed by atoms with Crippen LogP contribution in [0.1, 0.15) is 38.1 Å². The number of aromatic nitrogens is 11. The van der Waals surface area contributed by atoms with Crippen molar-refractivity contribution >= 4 is 41.0 Å². The third-order valence-corrected chi connectivity index (χ3v) is 9.43. The number of aryl methyl sites for hydroxylation is 2. The molecule has 364 valence electrons. The zero-order valence-corrected chi connectivity index (χ0v) is 38.1. The molecule has 0 saturated carbocycles. The molecule has 0 spiro atoms. The van der Waals surface area contributed by atoms with Crippen molar-refractivity contribution in [2.45, 2.75) is 13.1 Å². The predicted molar refractivity (Wildman–Crippen MR) is 262 cm³/mol. The molecule has 0 bridgehead atoms. The van der Waals surface area contributed by atoms with Crippen LogP contribution in [0.25, 0.3) is 45.7 Å². The van der Waals surface area contributed by atoms with E-state index >= 15 is 0 Å². The third kappa shape index (κ3) is 13.1. The Balaban J connectivity index is 0.000000179. The summed E-state index contributed by atoms with van der Waals surface area (Å²) in [6, 6.07) is 23.2. The first-order valence-corrected chi connectivity index (χ1v) is 20.8. The van der Waals surface area contributed by atoms with Crippen molar-refractivity contribution in [3.63, 3.8) is 0 Å². The van der Waals surface area contributed by atoms with Crippen LogP contribution in [0.5, 0.6) is 0 Å². The summed E-state index contributed by atoms with van der Waals surface area (Å²) in [6.07, 6.45) is 8.70. The number of hydrogen-bond acceptors (Lipinski definition) is 22. The third-order valence-electron chi connectivity index (χ3n) is 9.43. The molecule has 0 aliphatic heterocycles. The van der Waals surface area contributed by atoms with Gasteiger partial charge in [0.05, 0.1) is 30.3 Å². The van der Waals surface area contributed by atoms with Crippen LogP contribution >= 0.6 is 0 Å². The molecule has 0 radical (unpaired) electrons. The summed E-state index contributed by atoms with van der Waals surface area (Å²) in [5.74, 6) is -0.618. The minimum atomic E-state index is -1.31. The molecule has 72 heavy (non-hydrogen) atoms. The van der Waals surface area contributed by atoms with Gasteiger partial charge in [-0.15, -0.1) is 0 Å². The maximum Gasteiger partial charge on any atom is 0.358 e. The molecule has 9 rings (SSSR count). The summed E-state index contributed by atoms with van der Waals surface area (Å²) >= 11 is 0. The predicted octanol–water partition coefficient (Wildman–Crippen LogP) is 2.42. The number of aromatic carboxylic acids is 1. The van der Waals surface area contributed by atoms with Gasteiger partial charge >= 0.3 is 5.97 Å². The molecule has 26 nitrogen and oxygen atoms in total. The van der Waals surface area contributed by atoms with Crippen LogP contribution in [-0.4, -0.2) is 71.0 Å². The average molecular weight is 974 g/mol. The van der Waals surface area contributed by atoms with Crippen molar-refractivity contribution in [2.75, 3.05) is 28.7 Å². The quantitative estimate of drug-likeness (QED) is 0.103. The number of carboxylic acids is 1. The van der Waals surface area contributed by atoms with Gasteiger partial charge in [0, 0.05) is 56.3 Å². The lowest BCUT2D eigenvalue weighted by molar-refractivity contribution is 0.0691. The monoisotopic (exact) mass is 973 g/mol. The number of carbonyl (C=O) groups excluding carboxylic acids is 1. The number of hydrogen-bond donors (Lipinski definition) is 8. The van der Waals surface area contributed by atoms with E-state index in [4.69, 9.17) is 48.5 Å². The Labute approximate surface area is 406 Å². The van der Waals surface area contributed by atoms with Gasteiger partial charge < -0.3 is 62.8 Å². The molecule has 0 aliphatic rings. The summed E-state index contributed by atoms with van der Waals surface area (Å²) < 4.78 is 13.3. The van der Waals surface area contributed by atoms with E-state index in [2.05, 4.69) is 50.2 Å². The van der Waals surface area contributed by atoms with Crippen molar-refractivity contribution in [2.24, 2.45) is 19.8 Å². The maximum absolute atomic E-state index is 12.8. The minimum Gasteiger partial charge on any atom is -0.476 e. The fourth-order valence-corrected chi connectivity index (χ4v) is 6.05. The number of nitrogens with one attached hydrogen (secondary N) is 1. The molecular weight excluding hydrogens is 931 g/mol. The Morgan fingerprint density at radius 2 is 1.10 bits per heavy atom. The molecule has 0 atom stereocenters. The van der Waals surface area contributed by atoms with Gasteiger partial charge in [-0.3, -0.25) is 14.4 Å². The number of amides is 1. The highest BCUT2D eigenvalue weighted by molar-refractivity contribution is 5.97. The number of carbonyl (C=O) groups is 2. The van der Waals surface area contributed by atoms with Crippen LogP contribution in [0.2, 0.25) is 0 Å². The molecule has 0 unspecified atom stereocenters. The normalized spacial score (nSPS) is 10.2. The average Bonchev–Trinajstić information content (AvgIpc) is 4.12. The molecule has 9 aromatic heterocycles. The van der Waals surface area contributed by atoms with Gasteiger partial charge in [0.1, 0.15) is 53.1 Å². The summed E-state index contributed by atoms with van der Waals surface area (Å²) in [6.45, 7) is 0.576. The first kappa shape index (κ1) is 50.7. The van der Waals surface area contributed by atoms with Gasteiger partial charge in [-0.2, -0.15) is 5.26 Å². The number of oxazole rings is 2. The van der Waals surface area contributed by atoms with E-state index in [9.17, 15) is 24.3 Å². The Bertz CT molecular complexity index is 3520. The molecule has 26 heteroatoms. The number of rotatable bonds is 9. The van der Waals surface area contributed by atoms with Crippen LogP contribution in [0, 0.1) is 11.3 Å². The van der Waals surface area contributed by atoms with Gasteiger partial charge in [-0.05, 0) is 48.5 Å². The fraction of sp³-hybridized carbons (Fsp3) is 0.0870. The van der Waals surface area contributed by atoms with E-state index in [1.165, 1.54) is 58.5 Å². The first-order chi connectivity index (χ1) is 34.5. The molecule has 0 saturated heterocycles. The summed E-state index contributed by atoms with van der Waals surface area (Å²) in [7, 11) is 3.17. The summed E-state index contributed by atoms with van der Waals surface area (Å²) in [5.41, 5.74) is 36.1. The van der Waals surface area contributed by atoms with Crippen molar-refractivity contribution in [3.05, 3.63) is 165 Å². The summed E-state index contributed by atoms with van der Waals surface area (Å²) in [4.78, 5) is 84.1. The molecule has 9 aromatic rings. The standard InChI is InChI=1S/C20H18N8O3.C14H11N5O4.C6H9N3.C6H5N3/c1-28-10-11(5-6-14(28)29)15-16(20-23-7-8-31-20)27-18(22)17(26-15)19(30)24-9-12-3-2-4-13(21)25-12;1-19-6-7(2-3-8(19)20)9-10(13-16-4-5-23-13)18-12(15)11(17-9)14(21)22;2*7-4-5-2-1-3-6(8)9-5/h2-8,10H,9H2,1H3,(H2,21,25)(H2,22,27)(H,24,30);2-6H,1H3,(H2,15,18)(H,21,22);1-3H,4,7H2,(H2,8,9);1-3H,(H2,8,9). The van der Waals surface area contributed by atoms with E-state index in [0.29, 0.717) is 52.2 Å². The van der Waals surface area contributed by atoms with Gasteiger partial charge in [-0.1, -0.05) is 18.2 Å². The van der Waals surface area contributed by atoms with Crippen LogP contribution in [-0.2, 0) is 27.2 Å². The Kier molecular flexibility index (Phi) is 16.5. The number of carboxylic acid groups (broad SMARTS) is 1. The lowest BCUT2D eigenvalue weighted by atomic mass is 10.1. The molecule has 14 N–H and O–H groups in total. The van der Waals surface area contributed by atoms with Crippen molar-refractivity contribution in [3.8, 4) is 51.8 Å². The zero-order chi connectivity index (χ0) is 51.9. The molecule has 0 fully saturated rings. The topological polar surface area (TPSA) is 433 Å².